The second-order valence-corrected chi connectivity index (χ2v) is 14.6. The number of nitrogens with one attached hydrogen (secondary N) is 1. The monoisotopic (exact) mass is 625 g/mol. The number of fused-ring (bicyclic) bond motifs is 2. The van der Waals surface area contributed by atoms with E-state index in [-0.39, 0.29) is 46.0 Å². The minimum absolute atomic E-state index is 0.0796. The van der Waals surface area contributed by atoms with Gasteiger partial charge in [-0.05, 0) is 63.0 Å². The summed E-state index contributed by atoms with van der Waals surface area (Å²) in [5.74, 6) is 1.05. The molecule has 0 atom stereocenters. The zero-order valence-electron chi connectivity index (χ0n) is 24.8. The molecule has 0 bridgehead atoms. The molecule has 6 rings (SSSR count). The number of nitrogens with zero attached hydrogens (tertiary/aromatic N) is 6. The van der Waals surface area contributed by atoms with Crippen molar-refractivity contribution in [2.45, 2.75) is 87.6 Å². The Kier molecular flexibility index (Phi) is 8.38. The Hall–Kier alpha value is -3.19. The molecule has 228 valence electrons. The molecule has 2 aliphatic rings. The fraction of sp³-hybridized carbons (Fsp3) is 0.533. The van der Waals surface area contributed by atoms with Crippen LogP contribution in [0.15, 0.2) is 32.9 Å². The molecule has 1 saturated carbocycles. The normalized spacial score (nSPS) is 19.9. The number of amides is 1. The number of carbonyl (C=O) groups excluding carboxylic acids is 1. The van der Waals surface area contributed by atoms with Crippen LogP contribution in [0.25, 0.3) is 22.1 Å². The molecular weight excluding hydrogens is 590 g/mol. The molecule has 10 nitrogen and oxygen atoms in total. The third-order valence-corrected chi connectivity index (χ3v) is 10.6. The van der Waals surface area contributed by atoms with Gasteiger partial charge in [0.05, 0.1) is 28.2 Å². The van der Waals surface area contributed by atoms with Gasteiger partial charge in [0.1, 0.15) is 11.5 Å². The van der Waals surface area contributed by atoms with Gasteiger partial charge in [-0.25, -0.2) is 19.2 Å². The topological polar surface area (TPSA) is 117 Å². The Balaban J connectivity index is 1.26. The Labute approximate surface area is 256 Å². The molecule has 0 aromatic carbocycles. The molecule has 0 unspecified atom stereocenters. The van der Waals surface area contributed by atoms with Gasteiger partial charge < -0.3 is 5.32 Å². The SMILES string of the molecule is Cc1nn(C)c2ncc(C(=O)NC3CCC(n4c(=O)c5cc(F)cnc5n(C5CCSCC5)c4=O)CC3)c(SC(C)C)c12. The number of halogens is 1. The lowest BCUT2D eigenvalue weighted by molar-refractivity contribution is 0.0918. The van der Waals surface area contributed by atoms with Gasteiger partial charge in [0, 0.05) is 41.5 Å². The summed E-state index contributed by atoms with van der Waals surface area (Å²) in [6.45, 7) is 6.11. The summed E-state index contributed by atoms with van der Waals surface area (Å²) in [5, 5.41) is 8.99. The molecule has 5 heterocycles. The van der Waals surface area contributed by atoms with Crippen molar-refractivity contribution in [3.8, 4) is 0 Å². The minimum atomic E-state index is -0.601. The average molecular weight is 626 g/mol. The third kappa shape index (κ3) is 5.61. The zero-order chi connectivity index (χ0) is 30.4. The van der Waals surface area contributed by atoms with E-state index in [0.717, 1.165) is 52.2 Å². The summed E-state index contributed by atoms with van der Waals surface area (Å²) in [5.41, 5.74) is 1.49. The molecule has 0 spiro atoms. The number of carbonyl (C=O) groups is 1. The minimum Gasteiger partial charge on any atom is -0.349 e. The number of hydrogen-bond acceptors (Lipinski definition) is 8. The predicted octanol–water partition coefficient (Wildman–Crippen LogP) is 4.77. The van der Waals surface area contributed by atoms with Crippen LogP contribution in [0, 0.1) is 12.7 Å². The quantitative estimate of drug-likeness (QED) is 0.305. The van der Waals surface area contributed by atoms with E-state index < -0.39 is 11.4 Å². The molecule has 0 radical (unpaired) electrons. The molecule has 4 aromatic heterocycles. The largest absolute Gasteiger partial charge is 0.349 e. The molecule has 13 heteroatoms. The number of pyridine rings is 2. The Morgan fingerprint density at radius 3 is 2.40 bits per heavy atom. The van der Waals surface area contributed by atoms with Crippen LogP contribution in [-0.4, -0.2) is 57.6 Å². The lowest BCUT2D eigenvalue weighted by Crippen LogP contribution is -2.46. The van der Waals surface area contributed by atoms with Gasteiger partial charge in [-0.2, -0.15) is 16.9 Å². The smallest absolute Gasteiger partial charge is 0.333 e. The summed E-state index contributed by atoms with van der Waals surface area (Å²) < 4.78 is 18.9. The molecule has 1 amide bonds. The van der Waals surface area contributed by atoms with Gasteiger partial charge in [0.25, 0.3) is 11.5 Å². The van der Waals surface area contributed by atoms with Gasteiger partial charge >= 0.3 is 5.69 Å². The third-order valence-electron chi connectivity index (χ3n) is 8.45. The van der Waals surface area contributed by atoms with E-state index in [1.807, 2.05) is 25.7 Å². The Morgan fingerprint density at radius 2 is 1.70 bits per heavy atom. The van der Waals surface area contributed by atoms with Gasteiger partial charge in [0.2, 0.25) is 0 Å². The lowest BCUT2D eigenvalue weighted by atomic mass is 9.90. The molecule has 2 fully saturated rings. The highest BCUT2D eigenvalue weighted by Gasteiger charge is 2.30. The first-order valence-corrected chi connectivity index (χ1v) is 16.9. The van der Waals surface area contributed by atoms with Gasteiger partial charge in [-0.1, -0.05) is 13.8 Å². The molecule has 1 saturated heterocycles. The average Bonchev–Trinajstić information content (AvgIpc) is 3.28. The molecular formula is C30H36FN7O3S2. The Morgan fingerprint density at radius 1 is 1.02 bits per heavy atom. The van der Waals surface area contributed by atoms with Crippen LogP contribution >= 0.6 is 23.5 Å². The van der Waals surface area contributed by atoms with Crippen molar-refractivity contribution in [2.75, 3.05) is 11.5 Å². The maximum Gasteiger partial charge on any atom is 0.333 e. The molecule has 43 heavy (non-hydrogen) atoms. The molecule has 1 N–H and O–H groups in total. The lowest BCUT2D eigenvalue weighted by Gasteiger charge is -2.31. The van der Waals surface area contributed by atoms with Gasteiger partial charge in [-0.3, -0.25) is 23.4 Å². The van der Waals surface area contributed by atoms with Crippen LogP contribution in [0.5, 0.6) is 0 Å². The second-order valence-electron chi connectivity index (χ2n) is 11.8. The fourth-order valence-corrected chi connectivity index (χ4v) is 8.62. The van der Waals surface area contributed by atoms with Gasteiger partial charge in [0.15, 0.2) is 5.65 Å². The maximum atomic E-state index is 14.2. The van der Waals surface area contributed by atoms with E-state index in [2.05, 4.69) is 34.2 Å². The first kappa shape index (κ1) is 29.9. The first-order chi connectivity index (χ1) is 20.6. The highest BCUT2D eigenvalue weighted by atomic mass is 32.2. The molecule has 4 aromatic rings. The van der Waals surface area contributed by atoms with E-state index in [1.54, 1.807) is 27.2 Å². The van der Waals surface area contributed by atoms with Crippen molar-refractivity contribution in [2.24, 2.45) is 7.05 Å². The molecule has 1 aliphatic carbocycles. The summed E-state index contributed by atoms with van der Waals surface area (Å²) in [6, 6.07) is 0.665. The predicted molar refractivity (Wildman–Crippen MR) is 169 cm³/mol. The van der Waals surface area contributed by atoms with E-state index in [0.29, 0.717) is 31.2 Å². The summed E-state index contributed by atoms with van der Waals surface area (Å²) in [6.07, 6.45) is 6.59. The zero-order valence-corrected chi connectivity index (χ0v) is 26.4. The maximum absolute atomic E-state index is 14.2. The second kappa shape index (κ2) is 12.1. The number of aromatic nitrogens is 6. The summed E-state index contributed by atoms with van der Waals surface area (Å²) in [4.78, 5) is 50.7. The van der Waals surface area contributed by atoms with E-state index in [4.69, 9.17) is 0 Å². The van der Waals surface area contributed by atoms with Crippen molar-refractivity contribution in [1.82, 2.24) is 34.2 Å². The van der Waals surface area contributed by atoms with Crippen molar-refractivity contribution in [3.63, 3.8) is 0 Å². The fourth-order valence-electron chi connectivity index (χ4n) is 6.44. The first-order valence-electron chi connectivity index (χ1n) is 14.8. The number of hydrogen-bond donors (Lipinski definition) is 1. The van der Waals surface area contributed by atoms with E-state index >= 15 is 0 Å². The van der Waals surface area contributed by atoms with Crippen molar-refractivity contribution < 1.29 is 9.18 Å². The van der Waals surface area contributed by atoms with Crippen molar-refractivity contribution in [1.29, 1.82) is 0 Å². The van der Waals surface area contributed by atoms with Crippen LogP contribution in [0.2, 0.25) is 0 Å². The van der Waals surface area contributed by atoms with Crippen LogP contribution in [-0.2, 0) is 7.05 Å². The standard InChI is InChI=1S/C30H36FN7O3S2/c1-16(2)43-25-23(15-33-27-24(25)17(3)35-36(27)4)28(39)34-19-5-7-20(8-6-19)38-29(40)22-13-18(31)14-32-26(22)37(30(38)41)21-9-11-42-12-10-21/h13-16,19-21H,5-12H2,1-4H3,(H,34,39). The highest BCUT2D eigenvalue weighted by Crippen LogP contribution is 2.35. The molecule has 1 aliphatic heterocycles. The van der Waals surface area contributed by atoms with Crippen LogP contribution in [0.1, 0.15) is 80.5 Å². The van der Waals surface area contributed by atoms with E-state index in [1.165, 1.54) is 10.6 Å². The summed E-state index contributed by atoms with van der Waals surface area (Å²) in [7, 11) is 1.85. The van der Waals surface area contributed by atoms with Crippen molar-refractivity contribution in [3.05, 3.63) is 56.4 Å². The van der Waals surface area contributed by atoms with Crippen LogP contribution in [0.3, 0.4) is 0 Å². The Bertz CT molecular complexity index is 1820. The highest BCUT2D eigenvalue weighted by molar-refractivity contribution is 8.00. The van der Waals surface area contributed by atoms with Crippen LogP contribution in [0.4, 0.5) is 4.39 Å². The van der Waals surface area contributed by atoms with E-state index in [9.17, 15) is 18.8 Å². The number of thioether (sulfide) groups is 2. The number of aryl methyl sites for hydroxylation is 2. The summed E-state index contributed by atoms with van der Waals surface area (Å²) >= 11 is 3.47. The van der Waals surface area contributed by atoms with Gasteiger partial charge in [-0.15, -0.1) is 11.8 Å². The number of rotatable bonds is 6. The van der Waals surface area contributed by atoms with Crippen molar-refractivity contribution >= 4 is 51.5 Å². The van der Waals surface area contributed by atoms with Crippen LogP contribution < -0.4 is 16.6 Å².